The predicted molar refractivity (Wildman–Crippen MR) is 112 cm³/mol. The largest absolute Gasteiger partial charge is 0.296 e. The molecule has 0 aromatic heterocycles. The minimum absolute atomic E-state index is 0.113. The Morgan fingerprint density at radius 1 is 0.600 bits per heavy atom. The molecule has 0 amide bonds. The van der Waals surface area contributed by atoms with Crippen LogP contribution >= 0.6 is 0 Å². The molecule has 152 valence electrons. The molecule has 8 nitrogen and oxygen atoms in total. The monoisotopic (exact) mass is 442 g/mol. The van der Waals surface area contributed by atoms with Crippen LogP contribution in [-0.2, 0) is 20.2 Å². The van der Waals surface area contributed by atoms with Gasteiger partial charge in [0.25, 0.3) is 20.2 Å². The summed E-state index contributed by atoms with van der Waals surface area (Å²) in [5.41, 5.74) is 0.397. The van der Waals surface area contributed by atoms with Crippen LogP contribution in [0.25, 0.3) is 21.5 Å². The van der Waals surface area contributed by atoms with Crippen LogP contribution in [0, 0.1) is 0 Å². The van der Waals surface area contributed by atoms with Gasteiger partial charge in [0.15, 0.2) is 0 Å². The predicted octanol–water partition coefficient (Wildman–Crippen LogP) is 4.90. The highest BCUT2D eigenvalue weighted by molar-refractivity contribution is 7.86. The standard InChI is InChI=1S/C20H14N2O6S2/c23-29(24,25)16-9-8-14-11-19(20(30(26,27)28)12-15(14)10-16)22-21-18-7-3-5-13-4-1-2-6-17(13)18/h1-12H,(H,23,24,25)(H,26,27,28). The smallest absolute Gasteiger partial charge is 0.282 e. The SMILES string of the molecule is O=S(=O)(O)c1ccc2cc(N=Nc3cccc4ccccc34)c(S(=O)(=O)O)cc2c1. The number of rotatable bonds is 4. The fraction of sp³-hybridized carbons (Fsp3) is 0. The second-order valence-corrected chi connectivity index (χ2v) is 9.29. The Balaban J connectivity index is 1.90. The van der Waals surface area contributed by atoms with Gasteiger partial charge in [0.2, 0.25) is 0 Å². The Bertz CT molecular complexity index is 1540. The molecule has 4 rings (SSSR count). The molecule has 0 aliphatic carbocycles. The van der Waals surface area contributed by atoms with Crippen LogP contribution in [0.1, 0.15) is 0 Å². The minimum atomic E-state index is -4.69. The van der Waals surface area contributed by atoms with Crippen molar-refractivity contribution >= 4 is 53.2 Å². The Morgan fingerprint density at radius 3 is 2.03 bits per heavy atom. The van der Waals surface area contributed by atoms with Crippen LogP contribution in [0.2, 0.25) is 0 Å². The quantitative estimate of drug-likeness (QED) is 0.341. The number of nitrogens with zero attached hydrogens (tertiary/aromatic N) is 2. The van der Waals surface area contributed by atoms with Crippen molar-refractivity contribution in [1.29, 1.82) is 0 Å². The number of fused-ring (bicyclic) bond motifs is 2. The van der Waals surface area contributed by atoms with E-state index in [9.17, 15) is 25.9 Å². The van der Waals surface area contributed by atoms with E-state index in [1.54, 1.807) is 12.1 Å². The first-order valence-corrected chi connectivity index (χ1v) is 11.4. The summed E-state index contributed by atoms with van der Waals surface area (Å²) in [5, 5.41) is 10.6. The molecule has 0 aliphatic heterocycles. The summed E-state index contributed by atoms with van der Waals surface area (Å²) in [6, 6.07) is 19.0. The molecule has 0 saturated carbocycles. The third-order valence-corrected chi connectivity index (χ3v) is 6.23. The zero-order chi connectivity index (χ0) is 21.5. The molecule has 0 atom stereocenters. The first-order valence-electron chi connectivity index (χ1n) is 8.55. The van der Waals surface area contributed by atoms with Crippen molar-refractivity contribution in [1.82, 2.24) is 0 Å². The van der Waals surface area contributed by atoms with Crippen LogP contribution in [0.3, 0.4) is 0 Å². The Hall–Kier alpha value is -3.18. The molecule has 0 saturated heterocycles. The van der Waals surface area contributed by atoms with E-state index in [0.717, 1.165) is 22.9 Å². The van der Waals surface area contributed by atoms with Gasteiger partial charge in [-0.3, -0.25) is 9.11 Å². The Morgan fingerprint density at radius 2 is 1.30 bits per heavy atom. The van der Waals surface area contributed by atoms with Crippen molar-refractivity contribution in [3.8, 4) is 0 Å². The lowest BCUT2D eigenvalue weighted by molar-refractivity contribution is 0.481. The zero-order valence-corrected chi connectivity index (χ0v) is 16.8. The zero-order valence-electron chi connectivity index (χ0n) is 15.2. The summed E-state index contributed by atoms with van der Waals surface area (Å²) in [6.07, 6.45) is 0. The van der Waals surface area contributed by atoms with Gasteiger partial charge in [-0.1, -0.05) is 42.5 Å². The third-order valence-electron chi connectivity index (χ3n) is 4.50. The van der Waals surface area contributed by atoms with Gasteiger partial charge in [-0.05, 0) is 46.5 Å². The van der Waals surface area contributed by atoms with Crippen LogP contribution < -0.4 is 0 Å². The van der Waals surface area contributed by atoms with Crippen molar-refractivity contribution in [2.75, 3.05) is 0 Å². The molecule has 4 aromatic rings. The first kappa shape index (κ1) is 20.1. The van der Waals surface area contributed by atoms with E-state index in [1.807, 2.05) is 30.3 Å². The normalized spacial score (nSPS) is 12.7. The van der Waals surface area contributed by atoms with E-state index >= 15 is 0 Å². The van der Waals surface area contributed by atoms with E-state index in [0.29, 0.717) is 11.1 Å². The summed E-state index contributed by atoms with van der Waals surface area (Å²) in [4.78, 5) is -0.937. The van der Waals surface area contributed by atoms with Crippen LogP contribution in [0.15, 0.2) is 92.8 Å². The minimum Gasteiger partial charge on any atom is -0.282 e. The number of hydrogen-bond acceptors (Lipinski definition) is 6. The molecule has 10 heteroatoms. The fourth-order valence-corrected chi connectivity index (χ4v) is 4.25. The van der Waals surface area contributed by atoms with Crippen molar-refractivity contribution < 1.29 is 25.9 Å². The summed E-state index contributed by atoms with van der Waals surface area (Å²) in [5.74, 6) is 0. The Kier molecular flexibility index (Phi) is 4.86. The van der Waals surface area contributed by atoms with Gasteiger partial charge in [-0.2, -0.15) is 16.8 Å². The molecular formula is C20H14N2O6S2. The highest BCUT2D eigenvalue weighted by Gasteiger charge is 2.18. The van der Waals surface area contributed by atoms with E-state index in [1.165, 1.54) is 18.2 Å². The molecule has 0 bridgehead atoms. The van der Waals surface area contributed by atoms with Gasteiger partial charge in [0, 0.05) is 5.39 Å². The average Bonchev–Trinajstić information content (AvgIpc) is 2.69. The highest BCUT2D eigenvalue weighted by Crippen LogP contribution is 2.33. The maximum Gasteiger partial charge on any atom is 0.296 e. The molecule has 0 unspecified atom stereocenters. The second-order valence-electron chi connectivity index (χ2n) is 6.48. The van der Waals surface area contributed by atoms with E-state index in [-0.39, 0.29) is 11.1 Å². The van der Waals surface area contributed by atoms with E-state index < -0.39 is 30.0 Å². The van der Waals surface area contributed by atoms with Crippen molar-refractivity contribution in [2.24, 2.45) is 10.2 Å². The number of azo groups is 1. The highest BCUT2D eigenvalue weighted by atomic mass is 32.2. The lowest BCUT2D eigenvalue weighted by Crippen LogP contribution is -2.00. The van der Waals surface area contributed by atoms with Gasteiger partial charge in [0.05, 0.1) is 10.6 Å². The summed E-state index contributed by atoms with van der Waals surface area (Å²) in [6.45, 7) is 0. The maximum absolute atomic E-state index is 11.9. The molecule has 30 heavy (non-hydrogen) atoms. The lowest BCUT2D eigenvalue weighted by atomic mass is 10.1. The summed E-state index contributed by atoms with van der Waals surface area (Å²) >= 11 is 0. The molecular weight excluding hydrogens is 428 g/mol. The number of hydrogen-bond donors (Lipinski definition) is 2. The van der Waals surface area contributed by atoms with Gasteiger partial charge >= 0.3 is 0 Å². The van der Waals surface area contributed by atoms with E-state index in [4.69, 9.17) is 0 Å². The lowest BCUT2D eigenvalue weighted by Gasteiger charge is -2.07. The van der Waals surface area contributed by atoms with Crippen LogP contribution in [0.5, 0.6) is 0 Å². The molecule has 4 aromatic carbocycles. The van der Waals surface area contributed by atoms with Gasteiger partial charge in [-0.15, -0.1) is 10.2 Å². The molecule has 0 fully saturated rings. The Labute approximate surface area is 172 Å². The average molecular weight is 442 g/mol. The maximum atomic E-state index is 11.9. The van der Waals surface area contributed by atoms with Gasteiger partial charge in [0.1, 0.15) is 10.6 Å². The number of benzene rings is 4. The summed E-state index contributed by atoms with van der Waals surface area (Å²) in [7, 11) is -9.16. The second kappa shape index (κ2) is 7.26. The molecule has 0 aliphatic rings. The van der Waals surface area contributed by atoms with Crippen molar-refractivity contribution in [3.63, 3.8) is 0 Å². The third kappa shape index (κ3) is 3.94. The molecule has 0 spiro atoms. The van der Waals surface area contributed by atoms with Gasteiger partial charge in [-0.25, -0.2) is 0 Å². The molecule has 2 N–H and O–H groups in total. The molecule has 0 heterocycles. The van der Waals surface area contributed by atoms with Crippen molar-refractivity contribution in [2.45, 2.75) is 9.79 Å². The summed E-state index contributed by atoms with van der Waals surface area (Å²) < 4.78 is 65.3. The van der Waals surface area contributed by atoms with Gasteiger partial charge < -0.3 is 0 Å². The van der Waals surface area contributed by atoms with Crippen LogP contribution in [-0.4, -0.2) is 25.9 Å². The van der Waals surface area contributed by atoms with Crippen molar-refractivity contribution in [3.05, 3.63) is 72.8 Å². The molecule has 0 radical (unpaired) electrons. The van der Waals surface area contributed by atoms with E-state index in [2.05, 4.69) is 10.2 Å². The first-order chi connectivity index (χ1) is 14.1. The topological polar surface area (TPSA) is 133 Å². The fourth-order valence-electron chi connectivity index (χ4n) is 3.09. The van der Waals surface area contributed by atoms with Crippen LogP contribution in [0.4, 0.5) is 11.4 Å².